The molecule has 0 aromatic carbocycles. The first-order valence-electron chi connectivity index (χ1n) is 8.12. The lowest BCUT2D eigenvalue weighted by molar-refractivity contribution is -0.139. The zero-order valence-corrected chi connectivity index (χ0v) is 17.0. The highest BCUT2D eigenvalue weighted by molar-refractivity contribution is 7.99. The molecule has 0 aliphatic heterocycles. The van der Waals surface area contributed by atoms with Crippen LogP contribution < -0.4 is 5.73 Å². The van der Waals surface area contributed by atoms with Crippen molar-refractivity contribution < 1.29 is 43.8 Å². The standard InChI is InChI=1S/C15H22N3O9PS/c1-8-13(19)10(9(4-17-8)6-27-28(24,25)26)5-18-12(15(22)23)2-3-29-7-11(16)14(20)21/h4-5,11-12,19H,2-3,6-7,16H2,1H3,(H,20,21)(H,22,23)(H2,24,25,26)/t11-,12-/m0/s1. The number of hydrogen-bond acceptors (Lipinski definition) is 9. The molecule has 1 rings (SSSR count). The molecule has 0 spiro atoms. The SMILES string of the molecule is Cc1ncc(COP(=O)(O)O)c(C=N[C@@H](CCSC[C@H](N)C(=O)O)C(=O)O)c1O. The Bertz CT molecular complexity index is 814. The van der Waals surface area contributed by atoms with Gasteiger partial charge < -0.3 is 30.8 Å². The van der Waals surface area contributed by atoms with E-state index in [0.717, 1.165) is 6.21 Å². The van der Waals surface area contributed by atoms with Crippen LogP contribution in [0.3, 0.4) is 0 Å². The number of hydrogen-bond donors (Lipinski definition) is 6. The molecule has 1 aromatic rings. The number of aryl methyl sites for hydroxylation is 1. The molecule has 0 aliphatic rings. The first-order valence-corrected chi connectivity index (χ1v) is 10.8. The van der Waals surface area contributed by atoms with Crippen molar-refractivity contribution in [2.24, 2.45) is 10.7 Å². The Hall–Kier alpha value is -2.02. The van der Waals surface area contributed by atoms with E-state index in [0.29, 0.717) is 0 Å². The number of phosphoric ester groups is 1. The Balaban J connectivity index is 2.90. The molecule has 14 heteroatoms. The first-order chi connectivity index (χ1) is 13.4. The van der Waals surface area contributed by atoms with Crippen LogP contribution in [-0.2, 0) is 25.3 Å². The van der Waals surface area contributed by atoms with Crippen LogP contribution in [0.25, 0.3) is 0 Å². The topological polar surface area (TPSA) is 213 Å². The normalized spacial score (nSPS) is 14.1. The van der Waals surface area contributed by atoms with Crippen LogP contribution in [-0.4, -0.2) is 71.8 Å². The number of carbonyl (C=O) groups is 2. The Labute approximate surface area is 170 Å². The maximum atomic E-state index is 11.4. The molecule has 0 unspecified atom stereocenters. The lowest BCUT2D eigenvalue weighted by Crippen LogP contribution is -2.32. The second-order valence-corrected chi connectivity index (χ2v) is 8.22. The van der Waals surface area contributed by atoms with Crippen LogP contribution in [0.4, 0.5) is 0 Å². The van der Waals surface area contributed by atoms with Crippen LogP contribution in [0.15, 0.2) is 11.2 Å². The van der Waals surface area contributed by atoms with Crippen molar-refractivity contribution in [3.05, 3.63) is 23.0 Å². The molecule has 0 bridgehead atoms. The number of rotatable bonds is 12. The lowest BCUT2D eigenvalue weighted by atomic mass is 10.1. The van der Waals surface area contributed by atoms with E-state index in [1.54, 1.807) is 0 Å². The van der Waals surface area contributed by atoms with Gasteiger partial charge in [-0.2, -0.15) is 11.8 Å². The molecule has 0 saturated heterocycles. The van der Waals surface area contributed by atoms with E-state index >= 15 is 0 Å². The minimum absolute atomic E-state index is 0.0257. The highest BCUT2D eigenvalue weighted by Crippen LogP contribution is 2.37. The van der Waals surface area contributed by atoms with Crippen molar-refractivity contribution in [3.63, 3.8) is 0 Å². The summed E-state index contributed by atoms with van der Waals surface area (Å²) in [7, 11) is -4.77. The largest absolute Gasteiger partial charge is 0.505 e. The second kappa shape index (κ2) is 11.2. The third-order valence-electron chi connectivity index (χ3n) is 3.56. The van der Waals surface area contributed by atoms with Gasteiger partial charge in [-0.05, 0) is 19.1 Å². The number of pyridine rings is 1. The van der Waals surface area contributed by atoms with Crippen molar-refractivity contribution >= 4 is 37.7 Å². The molecule has 0 saturated carbocycles. The maximum absolute atomic E-state index is 11.4. The molecular weight excluding hydrogens is 429 g/mol. The summed E-state index contributed by atoms with van der Waals surface area (Å²) >= 11 is 1.17. The van der Waals surface area contributed by atoms with Crippen LogP contribution >= 0.6 is 19.6 Å². The number of aromatic nitrogens is 1. The minimum Gasteiger partial charge on any atom is -0.505 e. The highest BCUT2D eigenvalue weighted by atomic mass is 32.2. The van der Waals surface area contributed by atoms with Crippen LogP contribution in [0.1, 0.15) is 23.2 Å². The van der Waals surface area contributed by atoms with E-state index in [-0.39, 0.29) is 40.5 Å². The number of nitrogens with two attached hydrogens (primary N) is 1. The van der Waals surface area contributed by atoms with Crippen LogP contribution in [0, 0.1) is 6.92 Å². The van der Waals surface area contributed by atoms with Gasteiger partial charge in [-0.3, -0.25) is 19.3 Å². The zero-order valence-electron chi connectivity index (χ0n) is 15.3. The summed E-state index contributed by atoms with van der Waals surface area (Å²) in [4.78, 5) is 47.5. The summed E-state index contributed by atoms with van der Waals surface area (Å²) in [5, 5.41) is 28.2. The smallest absolute Gasteiger partial charge is 0.469 e. The van der Waals surface area contributed by atoms with Crippen molar-refractivity contribution in [1.29, 1.82) is 0 Å². The molecule has 0 radical (unpaired) electrons. The van der Waals surface area contributed by atoms with Gasteiger partial charge in [-0.15, -0.1) is 0 Å². The van der Waals surface area contributed by atoms with Gasteiger partial charge in [0, 0.05) is 29.3 Å². The number of carboxylic acid groups (broad SMARTS) is 2. The predicted octanol–water partition coefficient (Wildman–Crippen LogP) is 0.112. The fourth-order valence-corrected chi connectivity index (χ4v) is 3.23. The average Bonchev–Trinajstić information content (AvgIpc) is 2.61. The quantitative estimate of drug-likeness (QED) is 0.142. The fraction of sp³-hybridized carbons (Fsp3) is 0.467. The zero-order chi connectivity index (χ0) is 22.2. The third kappa shape index (κ3) is 8.90. The summed E-state index contributed by atoms with van der Waals surface area (Å²) in [6, 6.07) is -2.24. The van der Waals surface area contributed by atoms with Gasteiger partial charge in [0.2, 0.25) is 0 Å². The molecule has 1 heterocycles. The molecule has 162 valence electrons. The summed E-state index contributed by atoms with van der Waals surface area (Å²) < 4.78 is 15.3. The molecular formula is C15H22N3O9PS. The van der Waals surface area contributed by atoms with Crippen molar-refractivity contribution in [2.75, 3.05) is 11.5 Å². The number of phosphoric acid groups is 1. The second-order valence-electron chi connectivity index (χ2n) is 5.84. The number of carboxylic acids is 2. The van der Waals surface area contributed by atoms with E-state index in [2.05, 4.69) is 14.5 Å². The Morgan fingerprint density at radius 3 is 2.59 bits per heavy atom. The van der Waals surface area contributed by atoms with Crippen molar-refractivity contribution in [1.82, 2.24) is 4.98 Å². The Morgan fingerprint density at radius 1 is 1.38 bits per heavy atom. The van der Waals surface area contributed by atoms with Gasteiger partial charge in [0.05, 0.1) is 12.3 Å². The molecule has 12 nitrogen and oxygen atoms in total. The number of nitrogens with zero attached hydrogens (tertiary/aromatic N) is 2. The van der Waals surface area contributed by atoms with Gasteiger partial charge in [0.15, 0.2) is 0 Å². The maximum Gasteiger partial charge on any atom is 0.469 e. The third-order valence-corrected chi connectivity index (χ3v) is 5.15. The Morgan fingerprint density at radius 2 is 2.03 bits per heavy atom. The molecule has 0 aliphatic carbocycles. The lowest BCUT2D eigenvalue weighted by Gasteiger charge is -2.12. The number of aliphatic carboxylic acids is 2. The van der Waals surface area contributed by atoms with Gasteiger partial charge in [0.25, 0.3) is 0 Å². The van der Waals surface area contributed by atoms with Gasteiger partial charge in [0.1, 0.15) is 17.8 Å². The van der Waals surface area contributed by atoms with E-state index in [1.807, 2.05) is 0 Å². The van der Waals surface area contributed by atoms with E-state index in [4.69, 9.17) is 20.6 Å². The van der Waals surface area contributed by atoms with Gasteiger partial charge in [-0.1, -0.05) is 0 Å². The van der Waals surface area contributed by atoms with E-state index in [9.17, 15) is 24.4 Å². The number of aromatic hydroxyl groups is 1. The molecule has 7 N–H and O–H groups in total. The molecule has 1 aromatic heterocycles. The molecule has 0 fully saturated rings. The summed E-state index contributed by atoms with van der Waals surface area (Å²) in [6.07, 6.45) is 2.38. The van der Waals surface area contributed by atoms with Crippen LogP contribution in [0.2, 0.25) is 0 Å². The average molecular weight is 451 g/mol. The van der Waals surface area contributed by atoms with E-state index in [1.165, 1.54) is 24.9 Å². The van der Waals surface area contributed by atoms with Gasteiger partial charge in [-0.25, -0.2) is 9.36 Å². The molecule has 0 amide bonds. The predicted molar refractivity (Wildman–Crippen MR) is 104 cm³/mol. The summed E-state index contributed by atoms with van der Waals surface area (Å²) in [5.41, 5.74) is 5.70. The fourth-order valence-electron chi connectivity index (χ4n) is 1.97. The van der Waals surface area contributed by atoms with Crippen molar-refractivity contribution in [3.8, 4) is 5.75 Å². The highest BCUT2D eigenvalue weighted by Gasteiger charge is 2.20. The monoisotopic (exact) mass is 451 g/mol. The molecule has 29 heavy (non-hydrogen) atoms. The van der Waals surface area contributed by atoms with Crippen LogP contribution in [0.5, 0.6) is 5.75 Å². The number of aliphatic imine (C=N–C) groups is 1. The minimum atomic E-state index is -4.77. The van der Waals surface area contributed by atoms with Crippen molar-refractivity contribution in [2.45, 2.75) is 32.0 Å². The number of thioether (sulfide) groups is 1. The van der Waals surface area contributed by atoms with E-state index < -0.39 is 38.5 Å². The molecule has 2 atom stereocenters. The summed E-state index contributed by atoms with van der Waals surface area (Å²) in [5.74, 6) is -2.32. The first kappa shape index (κ1) is 25.0. The van der Waals surface area contributed by atoms with Gasteiger partial charge >= 0.3 is 19.8 Å². The summed E-state index contributed by atoms with van der Waals surface area (Å²) in [6.45, 7) is 0.907. The Kier molecular flexibility index (Phi) is 9.70.